The lowest BCUT2D eigenvalue weighted by molar-refractivity contribution is -0.185. The Kier molecular flexibility index (Phi) is 8.91. The summed E-state index contributed by atoms with van der Waals surface area (Å²) < 4.78 is 56.7. The Bertz CT molecular complexity index is 1070. The van der Waals surface area contributed by atoms with Crippen LogP contribution in [0, 0.1) is 11.3 Å². The molecule has 2 unspecified atom stereocenters. The van der Waals surface area contributed by atoms with Crippen LogP contribution < -0.4 is 9.47 Å². The van der Waals surface area contributed by atoms with Gasteiger partial charge in [0.2, 0.25) is 5.91 Å². The quantitative estimate of drug-likeness (QED) is 0.358. The van der Waals surface area contributed by atoms with Crippen LogP contribution in [0.1, 0.15) is 63.0 Å². The SMILES string of the molecule is CCC1(C)CN(C(=O)COCc2ccccc2)CC1c1ccc(OC)c(OC2CCC(C(F)(F)F)CC2)c1. The van der Waals surface area contributed by atoms with Gasteiger partial charge in [-0.2, -0.15) is 13.2 Å². The standard InChI is InChI=1S/C30H38F3NO4/c1-4-29(2)20-34(28(35)19-37-18-21-8-6-5-7-9-21)17-25(29)22-10-15-26(36-3)27(16-22)38-24-13-11-23(12-14-24)30(31,32)33/h5-10,15-16,23-25H,4,11-14,17-20H2,1-3H3. The summed E-state index contributed by atoms with van der Waals surface area (Å²) in [4.78, 5) is 14.9. The third-order valence-electron chi connectivity index (χ3n) is 8.31. The molecule has 1 aliphatic carbocycles. The van der Waals surface area contributed by atoms with Gasteiger partial charge in [0.1, 0.15) is 6.61 Å². The van der Waals surface area contributed by atoms with Crippen molar-refractivity contribution in [1.29, 1.82) is 0 Å². The molecule has 1 heterocycles. The predicted octanol–water partition coefficient (Wildman–Crippen LogP) is 6.75. The zero-order valence-corrected chi connectivity index (χ0v) is 22.4. The molecule has 0 bridgehead atoms. The Hall–Kier alpha value is -2.74. The number of carbonyl (C=O) groups excluding carboxylic acids is 1. The summed E-state index contributed by atoms with van der Waals surface area (Å²) in [5.74, 6) is -0.0890. The van der Waals surface area contributed by atoms with Gasteiger partial charge in [-0.3, -0.25) is 4.79 Å². The number of halogens is 3. The monoisotopic (exact) mass is 533 g/mol. The maximum Gasteiger partial charge on any atom is 0.391 e. The van der Waals surface area contributed by atoms with E-state index in [0.29, 0.717) is 44.0 Å². The topological polar surface area (TPSA) is 48.0 Å². The Morgan fingerprint density at radius 1 is 1.05 bits per heavy atom. The molecule has 1 aliphatic heterocycles. The van der Waals surface area contributed by atoms with E-state index in [4.69, 9.17) is 14.2 Å². The summed E-state index contributed by atoms with van der Waals surface area (Å²) in [6, 6.07) is 15.6. The van der Waals surface area contributed by atoms with E-state index in [1.807, 2.05) is 53.4 Å². The molecule has 2 aromatic carbocycles. The van der Waals surface area contributed by atoms with Crippen LogP contribution in [0.2, 0.25) is 0 Å². The molecule has 2 fully saturated rings. The van der Waals surface area contributed by atoms with Gasteiger partial charge >= 0.3 is 6.18 Å². The van der Waals surface area contributed by atoms with Crippen LogP contribution in [0.25, 0.3) is 0 Å². The van der Waals surface area contributed by atoms with E-state index < -0.39 is 12.1 Å². The van der Waals surface area contributed by atoms with Crippen LogP contribution in [0.3, 0.4) is 0 Å². The molecule has 1 amide bonds. The van der Waals surface area contributed by atoms with Crippen LogP contribution in [-0.4, -0.2) is 49.9 Å². The molecule has 0 N–H and O–H groups in total. The average Bonchev–Trinajstić information content (AvgIpc) is 3.27. The molecular formula is C30H38F3NO4. The smallest absolute Gasteiger partial charge is 0.391 e. The van der Waals surface area contributed by atoms with Crippen molar-refractivity contribution in [3.63, 3.8) is 0 Å². The number of likely N-dealkylation sites (tertiary alicyclic amines) is 1. The molecule has 5 nitrogen and oxygen atoms in total. The molecule has 1 saturated heterocycles. The Morgan fingerprint density at radius 3 is 2.39 bits per heavy atom. The van der Waals surface area contributed by atoms with E-state index in [0.717, 1.165) is 17.5 Å². The minimum absolute atomic E-state index is 0.0268. The molecule has 0 aromatic heterocycles. The third kappa shape index (κ3) is 6.63. The zero-order chi connectivity index (χ0) is 27.3. The van der Waals surface area contributed by atoms with E-state index in [9.17, 15) is 18.0 Å². The number of ether oxygens (including phenoxy) is 3. The lowest BCUT2D eigenvalue weighted by Crippen LogP contribution is -2.33. The molecule has 2 aromatic rings. The summed E-state index contributed by atoms with van der Waals surface area (Å²) in [5.41, 5.74) is 1.93. The normalized spacial score (nSPS) is 25.8. The first-order chi connectivity index (χ1) is 18.1. The van der Waals surface area contributed by atoms with E-state index in [1.54, 1.807) is 7.11 Å². The second-order valence-electron chi connectivity index (χ2n) is 10.9. The molecular weight excluding hydrogens is 495 g/mol. The second kappa shape index (κ2) is 12.0. The average molecular weight is 534 g/mol. The highest BCUT2D eigenvalue weighted by atomic mass is 19.4. The van der Waals surface area contributed by atoms with Gasteiger partial charge in [-0.05, 0) is 60.8 Å². The predicted molar refractivity (Wildman–Crippen MR) is 139 cm³/mol. The highest BCUT2D eigenvalue weighted by molar-refractivity contribution is 5.78. The highest BCUT2D eigenvalue weighted by Crippen LogP contribution is 2.47. The van der Waals surface area contributed by atoms with Crippen molar-refractivity contribution in [2.24, 2.45) is 11.3 Å². The van der Waals surface area contributed by atoms with E-state index in [1.165, 1.54) is 0 Å². The molecule has 208 valence electrons. The van der Waals surface area contributed by atoms with E-state index >= 15 is 0 Å². The molecule has 2 aliphatic rings. The fraction of sp³-hybridized carbons (Fsp3) is 0.567. The van der Waals surface area contributed by atoms with E-state index in [-0.39, 0.29) is 42.8 Å². The first kappa shape index (κ1) is 28.3. The van der Waals surface area contributed by atoms with Crippen molar-refractivity contribution in [3.05, 3.63) is 59.7 Å². The van der Waals surface area contributed by atoms with Crippen molar-refractivity contribution >= 4 is 5.91 Å². The van der Waals surface area contributed by atoms with Crippen molar-refractivity contribution in [2.75, 3.05) is 26.8 Å². The van der Waals surface area contributed by atoms with Crippen molar-refractivity contribution in [3.8, 4) is 11.5 Å². The van der Waals surface area contributed by atoms with Gasteiger partial charge in [-0.15, -0.1) is 0 Å². The van der Waals surface area contributed by atoms with Gasteiger partial charge in [0.25, 0.3) is 0 Å². The lowest BCUT2D eigenvalue weighted by atomic mass is 9.74. The summed E-state index contributed by atoms with van der Waals surface area (Å²) in [5, 5.41) is 0. The molecule has 4 rings (SSSR count). The van der Waals surface area contributed by atoms with Crippen LogP contribution in [0.15, 0.2) is 48.5 Å². The summed E-state index contributed by atoms with van der Waals surface area (Å²) >= 11 is 0. The summed E-state index contributed by atoms with van der Waals surface area (Å²) in [6.07, 6.45) is -2.66. The van der Waals surface area contributed by atoms with Crippen LogP contribution in [-0.2, 0) is 16.1 Å². The minimum atomic E-state index is -4.15. The zero-order valence-electron chi connectivity index (χ0n) is 22.4. The summed E-state index contributed by atoms with van der Waals surface area (Å²) in [7, 11) is 1.56. The minimum Gasteiger partial charge on any atom is -0.493 e. The lowest BCUT2D eigenvalue weighted by Gasteiger charge is -2.32. The van der Waals surface area contributed by atoms with Crippen molar-refractivity contribution < 1.29 is 32.2 Å². The second-order valence-corrected chi connectivity index (χ2v) is 10.9. The highest BCUT2D eigenvalue weighted by Gasteiger charge is 2.45. The fourth-order valence-electron chi connectivity index (χ4n) is 5.72. The third-order valence-corrected chi connectivity index (χ3v) is 8.31. The van der Waals surface area contributed by atoms with Gasteiger partial charge in [0.15, 0.2) is 11.5 Å². The summed E-state index contributed by atoms with van der Waals surface area (Å²) in [6.45, 7) is 5.94. The fourth-order valence-corrected chi connectivity index (χ4v) is 5.72. The van der Waals surface area contributed by atoms with Crippen molar-refractivity contribution in [1.82, 2.24) is 4.90 Å². The van der Waals surface area contributed by atoms with Crippen LogP contribution in [0.5, 0.6) is 11.5 Å². The Morgan fingerprint density at radius 2 is 1.76 bits per heavy atom. The van der Waals surface area contributed by atoms with Gasteiger partial charge in [-0.25, -0.2) is 0 Å². The van der Waals surface area contributed by atoms with Gasteiger partial charge in [0.05, 0.1) is 25.7 Å². The number of hydrogen-bond acceptors (Lipinski definition) is 4. The number of nitrogens with zero attached hydrogens (tertiary/aromatic N) is 1. The Labute approximate surface area is 223 Å². The van der Waals surface area contributed by atoms with E-state index in [2.05, 4.69) is 13.8 Å². The largest absolute Gasteiger partial charge is 0.493 e. The number of carbonyl (C=O) groups is 1. The number of amides is 1. The maximum atomic E-state index is 13.1. The van der Waals surface area contributed by atoms with Gasteiger partial charge in [0, 0.05) is 19.0 Å². The Balaban J connectivity index is 1.42. The molecule has 38 heavy (non-hydrogen) atoms. The molecule has 0 spiro atoms. The molecule has 2 atom stereocenters. The van der Waals surface area contributed by atoms with Gasteiger partial charge in [-0.1, -0.05) is 50.2 Å². The first-order valence-electron chi connectivity index (χ1n) is 13.4. The maximum absolute atomic E-state index is 13.1. The molecule has 1 saturated carbocycles. The van der Waals surface area contributed by atoms with Crippen LogP contribution >= 0.6 is 0 Å². The number of hydrogen-bond donors (Lipinski definition) is 0. The number of methoxy groups -OCH3 is 1. The van der Waals surface area contributed by atoms with Gasteiger partial charge < -0.3 is 19.1 Å². The number of alkyl halides is 3. The van der Waals surface area contributed by atoms with Crippen molar-refractivity contribution in [2.45, 2.75) is 70.8 Å². The number of benzene rings is 2. The molecule has 0 radical (unpaired) electrons. The van der Waals surface area contributed by atoms with Crippen LogP contribution in [0.4, 0.5) is 13.2 Å². The number of rotatable bonds is 9. The first-order valence-corrected chi connectivity index (χ1v) is 13.4. The molecule has 8 heteroatoms.